The topological polar surface area (TPSA) is 56.9 Å². The van der Waals surface area contributed by atoms with Crippen LogP contribution in [-0.4, -0.2) is 14.1 Å². The SMILES string of the molecule is Cc1cc(C)cc(-n2c(C3CCCCC3)nc3c(c(=O)c4ccccc4n3C)c2=O)c1. The predicted octanol–water partition coefficient (Wildman–Crippen LogP) is 4.90. The van der Waals surface area contributed by atoms with Gasteiger partial charge in [0, 0.05) is 18.4 Å². The molecule has 2 aromatic carbocycles. The van der Waals surface area contributed by atoms with Gasteiger partial charge in [0.15, 0.2) is 5.65 Å². The molecule has 5 nitrogen and oxygen atoms in total. The van der Waals surface area contributed by atoms with Crippen molar-refractivity contribution in [2.75, 3.05) is 0 Å². The van der Waals surface area contributed by atoms with Gasteiger partial charge in [-0.3, -0.25) is 14.2 Å². The Kier molecular flexibility index (Phi) is 4.77. The Morgan fingerprint density at radius 3 is 2.32 bits per heavy atom. The van der Waals surface area contributed by atoms with Crippen LogP contribution in [0.4, 0.5) is 0 Å². The van der Waals surface area contributed by atoms with E-state index in [4.69, 9.17) is 4.98 Å². The summed E-state index contributed by atoms with van der Waals surface area (Å²) in [5, 5.41) is 0.716. The molecule has 0 atom stereocenters. The second-order valence-electron chi connectivity index (χ2n) is 8.90. The number of aromatic nitrogens is 3. The summed E-state index contributed by atoms with van der Waals surface area (Å²) in [7, 11) is 1.89. The van der Waals surface area contributed by atoms with Crippen LogP contribution in [0.15, 0.2) is 52.1 Å². The number of benzene rings is 2. The highest BCUT2D eigenvalue weighted by Crippen LogP contribution is 2.33. The van der Waals surface area contributed by atoms with E-state index in [-0.39, 0.29) is 22.3 Å². The van der Waals surface area contributed by atoms with Gasteiger partial charge in [0.2, 0.25) is 5.43 Å². The third kappa shape index (κ3) is 3.19. The van der Waals surface area contributed by atoms with Crippen LogP contribution in [0.3, 0.4) is 0 Å². The summed E-state index contributed by atoms with van der Waals surface area (Å²) in [5.41, 5.74) is 3.75. The van der Waals surface area contributed by atoms with E-state index in [1.54, 1.807) is 10.6 Å². The van der Waals surface area contributed by atoms with Crippen molar-refractivity contribution in [3.8, 4) is 5.69 Å². The molecule has 2 heterocycles. The first-order chi connectivity index (χ1) is 15.0. The summed E-state index contributed by atoms with van der Waals surface area (Å²) in [5.74, 6) is 1.00. The average molecular weight is 414 g/mol. The molecule has 0 radical (unpaired) electrons. The van der Waals surface area contributed by atoms with Crippen LogP contribution in [0.5, 0.6) is 0 Å². The van der Waals surface area contributed by atoms with Crippen molar-refractivity contribution < 1.29 is 0 Å². The number of rotatable bonds is 2. The van der Waals surface area contributed by atoms with E-state index in [1.165, 1.54) is 6.42 Å². The minimum atomic E-state index is -0.262. The number of nitrogens with zero attached hydrogens (tertiary/aromatic N) is 3. The smallest absolute Gasteiger partial charge is 0.271 e. The lowest BCUT2D eigenvalue weighted by Gasteiger charge is -2.25. The standard InChI is InChI=1S/C26H27N3O2/c1-16-13-17(2)15-19(14-16)29-24(18-9-5-4-6-10-18)27-25-22(26(29)31)23(30)20-11-7-8-12-21(20)28(25)3/h7-8,11-15,18H,4-6,9-10H2,1-3H3. The summed E-state index contributed by atoms with van der Waals surface area (Å²) in [6.07, 6.45) is 5.54. The van der Waals surface area contributed by atoms with Crippen molar-refractivity contribution in [1.82, 2.24) is 14.1 Å². The van der Waals surface area contributed by atoms with Gasteiger partial charge in [-0.25, -0.2) is 4.98 Å². The van der Waals surface area contributed by atoms with E-state index in [1.807, 2.05) is 55.8 Å². The molecule has 0 aliphatic heterocycles. The van der Waals surface area contributed by atoms with Crippen molar-refractivity contribution >= 4 is 21.9 Å². The maximum atomic E-state index is 13.9. The molecule has 31 heavy (non-hydrogen) atoms. The van der Waals surface area contributed by atoms with E-state index in [0.29, 0.717) is 11.0 Å². The average Bonchev–Trinajstić information content (AvgIpc) is 2.76. The van der Waals surface area contributed by atoms with Crippen molar-refractivity contribution in [2.45, 2.75) is 51.9 Å². The van der Waals surface area contributed by atoms with E-state index in [0.717, 1.165) is 53.8 Å². The molecule has 2 aromatic heterocycles. The highest BCUT2D eigenvalue weighted by Gasteiger charge is 2.25. The summed E-state index contributed by atoms with van der Waals surface area (Å²) in [6.45, 7) is 4.06. The maximum absolute atomic E-state index is 13.9. The Morgan fingerprint density at radius 2 is 1.61 bits per heavy atom. The molecule has 0 bridgehead atoms. The molecule has 0 saturated heterocycles. The molecule has 4 aromatic rings. The van der Waals surface area contributed by atoms with Gasteiger partial charge in [-0.1, -0.05) is 37.5 Å². The summed E-state index contributed by atoms with van der Waals surface area (Å²) in [6, 6.07) is 13.6. The number of pyridine rings is 1. The van der Waals surface area contributed by atoms with Crippen molar-refractivity contribution in [2.24, 2.45) is 7.05 Å². The van der Waals surface area contributed by atoms with Crippen LogP contribution in [0.2, 0.25) is 0 Å². The highest BCUT2D eigenvalue weighted by molar-refractivity contribution is 5.91. The van der Waals surface area contributed by atoms with Gasteiger partial charge in [0.05, 0.1) is 11.2 Å². The van der Waals surface area contributed by atoms with Gasteiger partial charge < -0.3 is 4.57 Å². The van der Waals surface area contributed by atoms with E-state index in [9.17, 15) is 9.59 Å². The van der Waals surface area contributed by atoms with Crippen molar-refractivity contribution in [3.05, 3.63) is 80.0 Å². The molecular formula is C26H27N3O2. The van der Waals surface area contributed by atoms with Gasteiger partial charge in [-0.05, 0) is 62.1 Å². The Hall–Kier alpha value is -3.21. The molecule has 5 heteroatoms. The molecule has 0 amide bonds. The van der Waals surface area contributed by atoms with Gasteiger partial charge in [-0.2, -0.15) is 0 Å². The largest absolute Gasteiger partial charge is 0.328 e. The molecule has 1 saturated carbocycles. The molecule has 0 spiro atoms. The lowest BCUT2D eigenvalue weighted by molar-refractivity contribution is 0.422. The zero-order chi connectivity index (χ0) is 21.7. The molecule has 1 aliphatic rings. The fourth-order valence-corrected chi connectivity index (χ4v) is 5.14. The number of fused-ring (bicyclic) bond motifs is 2. The zero-order valence-corrected chi connectivity index (χ0v) is 18.3. The fraction of sp³-hybridized carbons (Fsp3) is 0.346. The summed E-state index contributed by atoms with van der Waals surface area (Å²) in [4.78, 5) is 32.4. The lowest BCUT2D eigenvalue weighted by atomic mass is 9.88. The van der Waals surface area contributed by atoms with Gasteiger partial charge in [-0.15, -0.1) is 0 Å². The molecule has 0 unspecified atom stereocenters. The third-order valence-electron chi connectivity index (χ3n) is 6.58. The molecular weight excluding hydrogens is 386 g/mol. The fourth-order valence-electron chi connectivity index (χ4n) is 5.14. The quantitative estimate of drug-likeness (QED) is 0.439. The molecule has 158 valence electrons. The van der Waals surface area contributed by atoms with Gasteiger partial charge >= 0.3 is 0 Å². The van der Waals surface area contributed by atoms with E-state index < -0.39 is 0 Å². The number of aryl methyl sites for hydroxylation is 3. The first kappa shape index (κ1) is 19.7. The van der Waals surface area contributed by atoms with E-state index in [2.05, 4.69) is 6.07 Å². The van der Waals surface area contributed by atoms with Crippen LogP contribution < -0.4 is 11.0 Å². The Bertz CT molecular complexity index is 1420. The van der Waals surface area contributed by atoms with Crippen LogP contribution >= 0.6 is 0 Å². The minimum Gasteiger partial charge on any atom is -0.328 e. The molecule has 1 aliphatic carbocycles. The number of hydrogen-bond donors (Lipinski definition) is 0. The number of para-hydroxylation sites is 1. The second kappa shape index (κ2) is 7.49. The normalized spacial score (nSPS) is 15.1. The van der Waals surface area contributed by atoms with E-state index >= 15 is 0 Å². The van der Waals surface area contributed by atoms with Crippen molar-refractivity contribution in [3.63, 3.8) is 0 Å². The lowest BCUT2D eigenvalue weighted by Crippen LogP contribution is -2.31. The van der Waals surface area contributed by atoms with Gasteiger partial charge in [0.1, 0.15) is 11.2 Å². The Labute approximate surface area is 181 Å². The van der Waals surface area contributed by atoms with Crippen molar-refractivity contribution in [1.29, 1.82) is 0 Å². The van der Waals surface area contributed by atoms with Crippen LogP contribution in [-0.2, 0) is 7.05 Å². The monoisotopic (exact) mass is 413 g/mol. The highest BCUT2D eigenvalue weighted by atomic mass is 16.1. The summed E-state index contributed by atoms with van der Waals surface area (Å²) < 4.78 is 3.61. The first-order valence-corrected chi connectivity index (χ1v) is 11.1. The van der Waals surface area contributed by atoms with Crippen LogP contribution in [0.25, 0.3) is 27.6 Å². The Morgan fingerprint density at radius 1 is 0.935 bits per heavy atom. The zero-order valence-electron chi connectivity index (χ0n) is 18.3. The predicted molar refractivity (Wildman–Crippen MR) is 125 cm³/mol. The molecule has 0 N–H and O–H groups in total. The second-order valence-corrected chi connectivity index (χ2v) is 8.90. The first-order valence-electron chi connectivity index (χ1n) is 11.1. The third-order valence-corrected chi connectivity index (χ3v) is 6.58. The number of hydrogen-bond acceptors (Lipinski definition) is 3. The van der Waals surface area contributed by atoms with Crippen LogP contribution in [0.1, 0.15) is 55.0 Å². The Balaban J connectivity index is 1.95. The van der Waals surface area contributed by atoms with Crippen LogP contribution in [0, 0.1) is 13.8 Å². The maximum Gasteiger partial charge on any atom is 0.271 e. The minimum absolute atomic E-state index is 0.167. The molecule has 5 rings (SSSR count). The molecule has 1 fully saturated rings. The van der Waals surface area contributed by atoms with Gasteiger partial charge in [0.25, 0.3) is 5.56 Å². The summed E-state index contributed by atoms with van der Waals surface area (Å²) >= 11 is 0.